The smallest absolute Gasteiger partial charge is 0.257 e. The maximum absolute atomic E-state index is 12.9. The van der Waals surface area contributed by atoms with Crippen LogP contribution in [-0.4, -0.2) is 11.8 Å². The Morgan fingerprint density at radius 1 is 0.667 bits per heavy atom. The second kappa shape index (κ2) is 9.72. The number of aryl methyl sites for hydroxylation is 2. The molecule has 0 atom stereocenters. The minimum atomic E-state index is -0.314. The van der Waals surface area contributed by atoms with Gasteiger partial charge in [0.1, 0.15) is 0 Å². The van der Waals surface area contributed by atoms with Crippen LogP contribution in [0.4, 0.5) is 11.4 Å². The van der Waals surface area contributed by atoms with Gasteiger partial charge in [-0.2, -0.15) is 0 Å². The van der Waals surface area contributed by atoms with Gasteiger partial charge in [-0.15, -0.1) is 0 Å². The van der Waals surface area contributed by atoms with E-state index in [-0.39, 0.29) is 11.8 Å². The molecule has 0 saturated carbocycles. The third-order valence-corrected chi connectivity index (χ3v) is 5.69. The molecule has 164 valence electrons. The van der Waals surface area contributed by atoms with E-state index in [1.165, 1.54) is 5.56 Å². The Morgan fingerprint density at radius 2 is 1.33 bits per heavy atom. The van der Waals surface area contributed by atoms with Crippen molar-refractivity contribution in [3.05, 3.63) is 118 Å². The van der Waals surface area contributed by atoms with E-state index in [4.69, 9.17) is 11.6 Å². The summed E-state index contributed by atoms with van der Waals surface area (Å²) in [5, 5.41) is 6.36. The Balaban J connectivity index is 1.52. The van der Waals surface area contributed by atoms with Crippen molar-refractivity contribution >= 4 is 34.8 Å². The Hall–Kier alpha value is -3.89. The summed E-state index contributed by atoms with van der Waals surface area (Å²) in [7, 11) is 0. The number of carbonyl (C=O) groups is 2. The molecule has 0 aliphatic rings. The zero-order valence-corrected chi connectivity index (χ0v) is 19.1. The Bertz CT molecular complexity index is 1330. The number of benzene rings is 4. The molecule has 4 rings (SSSR count). The molecule has 2 amide bonds. The van der Waals surface area contributed by atoms with Crippen LogP contribution in [0.1, 0.15) is 31.8 Å². The zero-order chi connectivity index (χ0) is 23.4. The monoisotopic (exact) mass is 454 g/mol. The van der Waals surface area contributed by atoms with E-state index in [1.807, 2.05) is 31.2 Å². The number of hydrogen-bond acceptors (Lipinski definition) is 2. The van der Waals surface area contributed by atoms with E-state index in [9.17, 15) is 9.59 Å². The molecule has 4 aromatic carbocycles. The summed E-state index contributed by atoms with van der Waals surface area (Å²) >= 11 is 6.00. The highest BCUT2D eigenvalue weighted by Crippen LogP contribution is 2.25. The van der Waals surface area contributed by atoms with E-state index in [0.29, 0.717) is 27.5 Å². The zero-order valence-electron chi connectivity index (χ0n) is 18.4. The number of carbonyl (C=O) groups excluding carboxylic acids is 2. The Labute approximate surface area is 198 Å². The molecule has 0 fully saturated rings. The normalized spacial score (nSPS) is 10.5. The van der Waals surface area contributed by atoms with Crippen LogP contribution in [0, 0.1) is 13.8 Å². The lowest BCUT2D eigenvalue weighted by Crippen LogP contribution is -2.18. The summed E-state index contributed by atoms with van der Waals surface area (Å²) in [6.45, 7) is 3.93. The summed E-state index contributed by atoms with van der Waals surface area (Å²) < 4.78 is 0. The molecule has 0 spiro atoms. The number of hydrogen-bond donors (Lipinski definition) is 2. The molecular weight excluding hydrogens is 432 g/mol. The van der Waals surface area contributed by atoms with Gasteiger partial charge in [-0.05, 0) is 78.6 Å². The molecule has 0 aromatic heterocycles. The largest absolute Gasteiger partial charge is 0.322 e. The van der Waals surface area contributed by atoms with Crippen LogP contribution in [0.25, 0.3) is 11.1 Å². The highest BCUT2D eigenvalue weighted by Gasteiger charge is 2.15. The van der Waals surface area contributed by atoms with Crippen LogP contribution in [-0.2, 0) is 0 Å². The van der Waals surface area contributed by atoms with Gasteiger partial charge in [0.15, 0.2) is 0 Å². The lowest BCUT2D eigenvalue weighted by atomic mass is 9.99. The van der Waals surface area contributed by atoms with E-state index in [1.54, 1.807) is 54.6 Å². The molecule has 0 saturated heterocycles. The quantitative estimate of drug-likeness (QED) is 0.337. The van der Waals surface area contributed by atoms with Crippen LogP contribution in [0.5, 0.6) is 0 Å². The van der Waals surface area contributed by atoms with Gasteiger partial charge in [0, 0.05) is 16.3 Å². The topological polar surface area (TPSA) is 58.2 Å². The van der Waals surface area contributed by atoms with Crippen molar-refractivity contribution in [2.45, 2.75) is 13.8 Å². The second-order valence-corrected chi connectivity index (χ2v) is 8.24. The molecular formula is C28H23ClN2O2. The van der Waals surface area contributed by atoms with Crippen LogP contribution in [0.2, 0.25) is 5.02 Å². The van der Waals surface area contributed by atoms with Gasteiger partial charge in [0.25, 0.3) is 11.8 Å². The third kappa shape index (κ3) is 5.13. The fourth-order valence-electron chi connectivity index (χ4n) is 3.64. The molecule has 0 aliphatic carbocycles. The number of halogens is 1. The number of anilines is 2. The average Bonchev–Trinajstić information content (AvgIpc) is 2.81. The molecule has 2 N–H and O–H groups in total. The lowest BCUT2D eigenvalue weighted by Gasteiger charge is -2.13. The minimum Gasteiger partial charge on any atom is -0.322 e. The lowest BCUT2D eigenvalue weighted by molar-refractivity contribution is 0.102. The van der Waals surface area contributed by atoms with Crippen molar-refractivity contribution in [3.63, 3.8) is 0 Å². The molecule has 0 bridgehead atoms. The molecule has 4 nitrogen and oxygen atoms in total. The van der Waals surface area contributed by atoms with Gasteiger partial charge >= 0.3 is 0 Å². The maximum Gasteiger partial charge on any atom is 0.257 e. The first kappa shape index (κ1) is 22.3. The van der Waals surface area contributed by atoms with Gasteiger partial charge in [-0.25, -0.2) is 0 Å². The average molecular weight is 455 g/mol. The predicted octanol–water partition coefficient (Wildman–Crippen LogP) is 7.13. The highest BCUT2D eigenvalue weighted by molar-refractivity contribution is 6.30. The van der Waals surface area contributed by atoms with Crippen LogP contribution < -0.4 is 10.6 Å². The molecule has 0 radical (unpaired) electrons. The van der Waals surface area contributed by atoms with E-state index in [2.05, 4.69) is 29.7 Å². The molecule has 0 aliphatic heterocycles. The number of para-hydroxylation sites is 1. The van der Waals surface area contributed by atoms with E-state index in [0.717, 1.165) is 16.7 Å². The van der Waals surface area contributed by atoms with E-state index >= 15 is 0 Å². The van der Waals surface area contributed by atoms with Crippen LogP contribution >= 0.6 is 11.6 Å². The first-order chi connectivity index (χ1) is 15.9. The second-order valence-electron chi connectivity index (χ2n) is 7.81. The Morgan fingerprint density at radius 3 is 2.06 bits per heavy atom. The molecule has 0 unspecified atom stereocenters. The van der Waals surface area contributed by atoms with Gasteiger partial charge in [0.05, 0.1) is 11.3 Å². The van der Waals surface area contributed by atoms with Crippen molar-refractivity contribution < 1.29 is 9.59 Å². The maximum atomic E-state index is 12.9. The predicted molar refractivity (Wildman–Crippen MR) is 135 cm³/mol. The fraction of sp³-hybridized carbons (Fsp3) is 0.0714. The van der Waals surface area contributed by atoms with Crippen molar-refractivity contribution in [1.29, 1.82) is 0 Å². The fourth-order valence-corrected chi connectivity index (χ4v) is 3.87. The summed E-state index contributed by atoms with van der Waals surface area (Å²) in [5.41, 5.74) is 6.18. The first-order valence-corrected chi connectivity index (χ1v) is 10.9. The summed E-state index contributed by atoms with van der Waals surface area (Å²) in [6, 6.07) is 27.7. The third-order valence-electron chi connectivity index (χ3n) is 5.46. The molecule has 4 aromatic rings. The summed E-state index contributed by atoms with van der Waals surface area (Å²) in [5.74, 6) is -0.597. The number of nitrogens with one attached hydrogen (secondary N) is 2. The van der Waals surface area contributed by atoms with Crippen molar-refractivity contribution in [1.82, 2.24) is 0 Å². The molecule has 0 heterocycles. The highest BCUT2D eigenvalue weighted by atomic mass is 35.5. The van der Waals surface area contributed by atoms with Gasteiger partial charge < -0.3 is 10.6 Å². The minimum absolute atomic E-state index is 0.283. The summed E-state index contributed by atoms with van der Waals surface area (Å²) in [6.07, 6.45) is 0. The van der Waals surface area contributed by atoms with Crippen LogP contribution in [0.3, 0.4) is 0 Å². The van der Waals surface area contributed by atoms with Crippen molar-refractivity contribution in [2.75, 3.05) is 10.6 Å². The standard InChI is InChI=1S/C28H23ClN2O2/c1-18-7-3-4-8-23(18)20-11-13-21(14-12-20)27(32)31-26-10-6-5-9-24(26)28(33)30-25-16-15-22(29)17-19(25)2/h3-17H,1-2H3,(H,30,33)(H,31,32). The van der Waals surface area contributed by atoms with Gasteiger partial charge in [0.2, 0.25) is 0 Å². The molecule has 5 heteroatoms. The van der Waals surface area contributed by atoms with Crippen LogP contribution in [0.15, 0.2) is 91.0 Å². The van der Waals surface area contributed by atoms with Gasteiger partial charge in [-0.1, -0.05) is 60.1 Å². The SMILES string of the molecule is Cc1cc(Cl)ccc1NC(=O)c1ccccc1NC(=O)c1ccc(-c2ccccc2C)cc1. The Kier molecular flexibility index (Phi) is 6.57. The van der Waals surface area contributed by atoms with Gasteiger partial charge in [-0.3, -0.25) is 9.59 Å². The van der Waals surface area contributed by atoms with Crippen molar-refractivity contribution in [3.8, 4) is 11.1 Å². The first-order valence-electron chi connectivity index (χ1n) is 10.6. The number of amides is 2. The molecule has 33 heavy (non-hydrogen) atoms. The summed E-state index contributed by atoms with van der Waals surface area (Å²) in [4.78, 5) is 25.8. The van der Waals surface area contributed by atoms with Crippen molar-refractivity contribution in [2.24, 2.45) is 0 Å². The van der Waals surface area contributed by atoms with E-state index < -0.39 is 0 Å². The number of rotatable bonds is 5.